The van der Waals surface area contributed by atoms with Gasteiger partial charge in [0.25, 0.3) is 18.3 Å². The molecule has 7 unspecified atom stereocenters. The number of benzene rings is 1. The molecule has 6 rings (SSSR count). The number of pyridine rings is 1. The minimum Gasteiger partial charge on any atom is -0.472 e. The minimum atomic E-state index is -4.10. The molecule has 2 aliphatic heterocycles. The van der Waals surface area contributed by atoms with E-state index in [0.29, 0.717) is 49.8 Å². The number of carbonyl (C=O) groups excluding carboxylic acids is 4. The second kappa shape index (κ2) is 17.6. The number of aromatic nitrogens is 1. The van der Waals surface area contributed by atoms with Crippen LogP contribution in [0.3, 0.4) is 0 Å². The summed E-state index contributed by atoms with van der Waals surface area (Å²) in [6.45, 7) is 6.49. The predicted octanol–water partition coefficient (Wildman–Crippen LogP) is 6.54. The zero-order valence-corrected chi connectivity index (χ0v) is 37.0. The third kappa shape index (κ3) is 10.2. The summed E-state index contributed by atoms with van der Waals surface area (Å²) in [5.74, 6) is -7.99. The van der Waals surface area contributed by atoms with Gasteiger partial charge in [-0.15, -0.1) is 0 Å². The Hall–Kier alpha value is -4.39. The fourth-order valence-corrected chi connectivity index (χ4v) is 9.49. The van der Waals surface area contributed by atoms with E-state index in [0.717, 1.165) is 13.8 Å². The molecule has 4 aliphatic rings. The van der Waals surface area contributed by atoms with Gasteiger partial charge < -0.3 is 29.7 Å². The maximum Gasteiger partial charge on any atom is 0.407 e. The summed E-state index contributed by atoms with van der Waals surface area (Å²) in [4.78, 5) is 62.1. The summed E-state index contributed by atoms with van der Waals surface area (Å²) in [7, 11) is -4.10. The Morgan fingerprint density at radius 2 is 1.82 bits per heavy atom. The van der Waals surface area contributed by atoms with Gasteiger partial charge in [-0.1, -0.05) is 43.7 Å². The molecule has 1 aromatic heterocycles. The zero-order valence-electron chi connectivity index (χ0n) is 35.4. The Bertz CT molecular complexity index is 2200. The third-order valence-electron chi connectivity index (χ3n) is 12.7. The van der Waals surface area contributed by atoms with Gasteiger partial charge in [-0.05, 0) is 83.3 Å². The second-order valence-corrected chi connectivity index (χ2v) is 20.6. The highest BCUT2D eigenvalue weighted by molar-refractivity contribution is 7.91. The number of alkyl halides is 4. The van der Waals surface area contributed by atoms with Crippen LogP contribution in [0.25, 0.3) is 10.8 Å². The maximum atomic E-state index is 14.9. The first-order chi connectivity index (χ1) is 28.9. The Morgan fingerprint density at radius 3 is 2.48 bits per heavy atom. The molecular formula is C42H54ClF4N5O9S. The van der Waals surface area contributed by atoms with Crippen LogP contribution in [0.5, 0.6) is 11.8 Å². The molecule has 0 spiro atoms. The van der Waals surface area contributed by atoms with Crippen LogP contribution in [0.4, 0.5) is 22.4 Å². The van der Waals surface area contributed by atoms with E-state index in [4.69, 9.17) is 25.8 Å². The molecule has 2 saturated carbocycles. The van der Waals surface area contributed by atoms with Crippen molar-refractivity contribution in [3.8, 4) is 11.8 Å². The van der Waals surface area contributed by atoms with Gasteiger partial charge in [0.05, 0.1) is 17.2 Å². The molecular weight excluding hydrogens is 862 g/mol. The lowest BCUT2D eigenvalue weighted by atomic mass is 9.83. The molecule has 3 heterocycles. The molecule has 1 aromatic carbocycles. The van der Waals surface area contributed by atoms with Gasteiger partial charge in [-0.25, -0.2) is 30.8 Å². The number of carbonyl (C=O) groups is 4. The number of hydrogen-bond donors (Lipinski definition) is 3. The smallest absolute Gasteiger partial charge is 0.407 e. The van der Waals surface area contributed by atoms with Gasteiger partial charge in [0.2, 0.25) is 33.6 Å². The Balaban J connectivity index is 1.35. The van der Waals surface area contributed by atoms with Gasteiger partial charge in [-0.2, -0.15) is 4.98 Å². The number of alkyl carbamates (subject to hydrolysis) is 1. The molecule has 2 aliphatic carbocycles. The van der Waals surface area contributed by atoms with Gasteiger partial charge >= 0.3 is 6.09 Å². The van der Waals surface area contributed by atoms with E-state index in [1.807, 2.05) is 19.9 Å². The van der Waals surface area contributed by atoms with Crippen LogP contribution in [-0.4, -0.2) is 102 Å². The van der Waals surface area contributed by atoms with Crippen LogP contribution in [0.2, 0.25) is 5.02 Å². The molecule has 0 bridgehead atoms. The number of nitrogens with one attached hydrogen (secondary N) is 3. The molecule has 1 saturated heterocycles. The first-order valence-electron chi connectivity index (χ1n) is 20.7. The highest BCUT2D eigenvalue weighted by atomic mass is 35.5. The standard InChI is InChI=1S/C42H54ClF4N5O9S/c1-23-10-7-8-11-25-19-42(25,37(55)51-62(57,58)40(5)14-15-40)50-34(53)31-17-26(60-35-27-12-9-13-30(43)28(27)18-33(49-35)59-22-32(44)45)21-52(31)36(54)29(24(2)16-23)20-48-38(56)61-39(3,4)41(6,46)47/h8-9,11-13,18,23-26,29,31-32H,7,10,14-17,19-22H2,1-6H3,(H,48,56)(H,50,53)(H,51,55). The molecule has 2 aromatic rings. The largest absolute Gasteiger partial charge is 0.472 e. The normalized spacial score (nSPS) is 27.9. The van der Waals surface area contributed by atoms with E-state index in [1.54, 1.807) is 24.3 Å². The van der Waals surface area contributed by atoms with Crippen molar-refractivity contribution in [3.63, 3.8) is 0 Å². The number of rotatable bonds is 12. The lowest BCUT2D eigenvalue weighted by molar-refractivity contribution is -0.150. The minimum absolute atomic E-state index is 0.0346. The van der Waals surface area contributed by atoms with E-state index in [9.17, 15) is 45.2 Å². The molecule has 7 atom stereocenters. The van der Waals surface area contributed by atoms with E-state index in [2.05, 4.69) is 20.3 Å². The van der Waals surface area contributed by atoms with Crippen molar-refractivity contribution in [2.45, 2.75) is 127 Å². The van der Waals surface area contributed by atoms with Crippen LogP contribution in [0.1, 0.15) is 86.5 Å². The number of fused-ring (bicyclic) bond motifs is 3. The number of hydrogen-bond acceptors (Lipinski definition) is 10. The monoisotopic (exact) mass is 915 g/mol. The molecule has 0 radical (unpaired) electrons. The average molecular weight is 916 g/mol. The van der Waals surface area contributed by atoms with Gasteiger partial charge in [0.15, 0.2) is 12.2 Å². The topological polar surface area (TPSA) is 182 Å². The quantitative estimate of drug-likeness (QED) is 0.156. The van der Waals surface area contributed by atoms with Crippen molar-refractivity contribution in [2.75, 3.05) is 19.7 Å². The average Bonchev–Trinajstić information content (AvgIpc) is 4.05. The van der Waals surface area contributed by atoms with Crippen LogP contribution in [0.15, 0.2) is 36.4 Å². The highest BCUT2D eigenvalue weighted by Crippen LogP contribution is 2.48. The number of halogens is 5. The zero-order chi connectivity index (χ0) is 45.6. The van der Waals surface area contributed by atoms with E-state index in [1.165, 1.54) is 17.9 Å². The summed E-state index contributed by atoms with van der Waals surface area (Å²) in [5, 5.41) is 6.27. The van der Waals surface area contributed by atoms with Crippen LogP contribution in [-0.2, 0) is 29.1 Å². The number of amides is 4. The van der Waals surface area contributed by atoms with Crippen molar-refractivity contribution >= 4 is 56.2 Å². The van der Waals surface area contributed by atoms with Crippen LogP contribution >= 0.6 is 11.6 Å². The summed E-state index contributed by atoms with van der Waals surface area (Å²) in [5.41, 5.74) is -3.86. The molecule has 4 amide bonds. The van der Waals surface area contributed by atoms with Crippen molar-refractivity contribution in [2.24, 2.45) is 23.7 Å². The van der Waals surface area contributed by atoms with Gasteiger partial charge in [0, 0.05) is 47.7 Å². The summed E-state index contributed by atoms with van der Waals surface area (Å²) < 4.78 is 99.1. The van der Waals surface area contributed by atoms with Crippen molar-refractivity contribution in [1.29, 1.82) is 0 Å². The Kier molecular flexibility index (Phi) is 13.4. The summed E-state index contributed by atoms with van der Waals surface area (Å²) in [6.07, 6.45) is 1.05. The second-order valence-electron chi connectivity index (χ2n) is 18.0. The summed E-state index contributed by atoms with van der Waals surface area (Å²) in [6, 6.07) is 4.88. The molecule has 20 heteroatoms. The van der Waals surface area contributed by atoms with E-state index < -0.39 is 98.6 Å². The molecule has 62 heavy (non-hydrogen) atoms. The maximum absolute atomic E-state index is 14.9. The number of nitrogens with zero attached hydrogens (tertiary/aromatic N) is 2. The SMILES string of the molecule is CC1CCC=CC2CC2(C(=O)NS(=O)(=O)C2(C)CC2)NC(=O)C2CC(Oc3nc(OCC(F)F)cc4c(Cl)cccc34)CN2C(=O)C(CNC(=O)OC(C)(C)C(C)(F)F)C(C)C1. The molecule has 3 N–H and O–H groups in total. The first-order valence-corrected chi connectivity index (χ1v) is 22.6. The van der Waals surface area contributed by atoms with Crippen molar-refractivity contribution in [3.05, 3.63) is 41.4 Å². The molecule has 14 nitrogen and oxygen atoms in total. The number of ether oxygens (including phenoxy) is 3. The summed E-state index contributed by atoms with van der Waals surface area (Å²) >= 11 is 6.48. The predicted molar refractivity (Wildman–Crippen MR) is 220 cm³/mol. The first kappa shape index (κ1) is 47.1. The molecule has 3 fully saturated rings. The van der Waals surface area contributed by atoms with Crippen LogP contribution in [0, 0.1) is 23.7 Å². The fourth-order valence-electron chi connectivity index (χ4n) is 7.95. The van der Waals surface area contributed by atoms with Crippen molar-refractivity contribution in [1.82, 2.24) is 25.2 Å². The Labute approximate surface area is 363 Å². The van der Waals surface area contributed by atoms with Gasteiger partial charge in [-0.3, -0.25) is 19.1 Å². The number of allylic oxidation sites excluding steroid dienone is 1. The Morgan fingerprint density at radius 1 is 1.11 bits per heavy atom. The van der Waals surface area contributed by atoms with Crippen LogP contribution < -0.4 is 24.8 Å². The lowest BCUT2D eigenvalue weighted by Crippen LogP contribution is -2.58. The fraction of sp³-hybridized carbons (Fsp3) is 0.643. The van der Waals surface area contributed by atoms with E-state index in [-0.39, 0.29) is 48.6 Å². The third-order valence-corrected chi connectivity index (χ3v) is 15.2. The van der Waals surface area contributed by atoms with Gasteiger partial charge in [0.1, 0.15) is 17.7 Å². The van der Waals surface area contributed by atoms with Crippen molar-refractivity contribution < 1.29 is 59.4 Å². The number of sulfonamides is 1. The van der Waals surface area contributed by atoms with E-state index >= 15 is 0 Å². The molecule has 342 valence electrons. The highest BCUT2D eigenvalue weighted by Gasteiger charge is 2.63. The lowest BCUT2D eigenvalue weighted by Gasteiger charge is -2.33.